The van der Waals surface area contributed by atoms with E-state index in [9.17, 15) is 8.78 Å². The van der Waals surface area contributed by atoms with Crippen molar-refractivity contribution in [2.45, 2.75) is 26.2 Å². The zero-order valence-corrected chi connectivity index (χ0v) is 10.00. The first kappa shape index (κ1) is 12.1. The molecule has 0 bridgehead atoms. The molecule has 1 aliphatic rings. The number of hydrogen-bond donors (Lipinski definition) is 1. The van der Waals surface area contributed by atoms with Gasteiger partial charge in [0.05, 0.1) is 0 Å². The van der Waals surface area contributed by atoms with Gasteiger partial charge in [-0.25, -0.2) is 8.78 Å². The largest absolute Gasteiger partial charge is 0.399 e. The minimum atomic E-state index is -2.46. The summed E-state index contributed by atoms with van der Waals surface area (Å²) >= 11 is 0. The lowest BCUT2D eigenvalue weighted by molar-refractivity contribution is 0.151. The van der Waals surface area contributed by atoms with Crippen LogP contribution in [-0.4, -0.2) is 13.1 Å². The van der Waals surface area contributed by atoms with Gasteiger partial charge in [0.25, 0.3) is 6.43 Å². The monoisotopic (exact) mass is 240 g/mol. The first-order chi connectivity index (χ1) is 8.08. The Bertz CT molecular complexity index is 385. The second-order valence-corrected chi connectivity index (χ2v) is 4.79. The molecule has 0 spiro atoms. The van der Waals surface area contributed by atoms with Gasteiger partial charge in [-0.1, -0.05) is 6.92 Å². The number of nitrogen functional groups attached to an aromatic ring is 1. The molecule has 1 aliphatic heterocycles. The minimum absolute atomic E-state index is 0.0551. The molecule has 0 radical (unpaired) electrons. The molecule has 1 aromatic rings. The molecule has 94 valence electrons. The van der Waals surface area contributed by atoms with Crippen LogP contribution in [0.2, 0.25) is 0 Å². The smallest absolute Gasteiger partial charge is 0.265 e. The summed E-state index contributed by atoms with van der Waals surface area (Å²) in [6.07, 6.45) is -0.340. The number of nitrogens with two attached hydrogens (primary N) is 1. The molecule has 1 fully saturated rings. The lowest BCUT2D eigenvalue weighted by Gasteiger charge is -2.33. The van der Waals surface area contributed by atoms with Gasteiger partial charge in [0.1, 0.15) is 0 Å². The molecule has 2 N–H and O–H groups in total. The van der Waals surface area contributed by atoms with Crippen LogP contribution >= 0.6 is 0 Å². The molecule has 1 saturated heterocycles. The normalized spacial score (nSPS) is 17.8. The Morgan fingerprint density at radius 3 is 2.53 bits per heavy atom. The Hall–Kier alpha value is -1.32. The number of benzene rings is 1. The van der Waals surface area contributed by atoms with E-state index in [-0.39, 0.29) is 5.56 Å². The molecular formula is C13H18F2N2. The number of rotatable bonds is 2. The van der Waals surface area contributed by atoms with Crippen molar-refractivity contribution in [2.75, 3.05) is 23.7 Å². The molecule has 0 saturated carbocycles. The number of piperidine rings is 1. The third-order valence-corrected chi connectivity index (χ3v) is 3.41. The predicted molar refractivity (Wildman–Crippen MR) is 66.4 cm³/mol. The molecule has 2 nitrogen and oxygen atoms in total. The van der Waals surface area contributed by atoms with Crippen molar-refractivity contribution in [3.05, 3.63) is 23.8 Å². The number of halogens is 2. The molecule has 0 amide bonds. The zero-order chi connectivity index (χ0) is 12.4. The van der Waals surface area contributed by atoms with Crippen molar-refractivity contribution in [1.82, 2.24) is 0 Å². The molecule has 0 aromatic heterocycles. The SMILES string of the molecule is CC1CCN(c2ccc(N)cc2C(F)F)CC1. The van der Waals surface area contributed by atoms with Gasteiger partial charge in [-0.15, -0.1) is 0 Å². The van der Waals surface area contributed by atoms with Crippen LogP contribution in [0.25, 0.3) is 0 Å². The van der Waals surface area contributed by atoms with E-state index in [1.807, 2.05) is 4.90 Å². The fraction of sp³-hybridized carbons (Fsp3) is 0.538. The maximum Gasteiger partial charge on any atom is 0.265 e. The van der Waals surface area contributed by atoms with E-state index in [1.165, 1.54) is 6.07 Å². The van der Waals surface area contributed by atoms with E-state index in [0.717, 1.165) is 25.9 Å². The molecule has 0 aliphatic carbocycles. The van der Waals surface area contributed by atoms with Gasteiger partial charge >= 0.3 is 0 Å². The Morgan fingerprint density at radius 2 is 1.94 bits per heavy atom. The maximum atomic E-state index is 13.0. The topological polar surface area (TPSA) is 29.3 Å². The second-order valence-electron chi connectivity index (χ2n) is 4.79. The summed E-state index contributed by atoms with van der Waals surface area (Å²) in [5, 5.41) is 0. The van der Waals surface area contributed by atoms with Crippen molar-refractivity contribution in [3.63, 3.8) is 0 Å². The second kappa shape index (κ2) is 4.90. The quantitative estimate of drug-likeness (QED) is 0.802. The van der Waals surface area contributed by atoms with Crippen molar-refractivity contribution >= 4 is 11.4 Å². The molecule has 0 unspecified atom stereocenters. The van der Waals surface area contributed by atoms with Crippen LogP contribution in [0.4, 0.5) is 20.2 Å². The van der Waals surface area contributed by atoms with Gasteiger partial charge in [0.15, 0.2) is 0 Å². The van der Waals surface area contributed by atoms with E-state index >= 15 is 0 Å². The van der Waals surface area contributed by atoms with Gasteiger partial charge in [-0.2, -0.15) is 0 Å². The highest BCUT2D eigenvalue weighted by Crippen LogP contribution is 2.33. The first-order valence-electron chi connectivity index (χ1n) is 6.00. The Kier molecular flexibility index (Phi) is 3.50. The summed E-state index contributed by atoms with van der Waals surface area (Å²) in [6.45, 7) is 3.91. The molecule has 17 heavy (non-hydrogen) atoms. The third-order valence-electron chi connectivity index (χ3n) is 3.41. The van der Waals surface area contributed by atoms with E-state index < -0.39 is 6.43 Å². The molecule has 1 heterocycles. The van der Waals surface area contributed by atoms with Crippen molar-refractivity contribution in [2.24, 2.45) is 5.92 Å². The minimum Gasteiger partial charge on any atom is -0.399 e. The first-order valence-corrected chi connectivity index (χ1v) is 6.00. The van der Waals surface area contributed by atoms with Crippen LogP contribution in [0.3, 0.4) is 0 Å². The summed E-state index contributed by atoms with van der Waals surface area (Å²) in [5.41, 5.74) is 6.66. The summed E-state index contributed by atoms with van der Waals surface area (Å²) in [5.74, 6) is 0.690. The van der Waals surface area contributed by atoms with E-state index in [4.69, 9.17) is 5.73 Å². The van der Waals surface area contributed by atoms with Gasteiger partial charge < -0.3 is 10.6 Å². The molecular weight excluding hydrogens is 222 g/mol. The Labute approximate surface area is 100 Å². The van der Waals surface area contributed by atoms with Crippen LogP contribution < -0.4 is 10.6 Å². The lowest BCUT2D eigenvalue weighted by Crippen LogP contribution is -2.33. The average Bonchev–Trinajstić information content (AvgIpc) is 2.30. The van der Waals surface area contributed by atoms with Crippen LogP contribution in [0, 0.1) is 5.92 Å². The lowest BCUT2D eigenvalue weighted by atomic mass is 9.98. The van der Waals surface area contributed by atoms with E-state index in [1.54, 1.807) is 12.1 Å². The maximum absolute atomic E-state index is 13.0. The van der Waals surface area contributed by atoms with Crippen molar-refractivity contribution in [1.29, 1.82) is 0 Å². The summed E-state index contributed by atoms with van der Waals surface area (Å²) in [6, 6.07) is 4.80. The molecule has 4 heteroatoms. The highest BCUT2D eigenvalue weighted by molar-refractivity contribution is 5.60. The van der Waals surface area contributed by atoms with Crippen LogP contribution in [-0.2, 0) is 0 Å². The molecule has 1 aromatic carbocycles. The van der Waals surface area contributed by atoms with Gasteiger partial charge in [-0.3, -0.25) is 0 Å². The Morgan fingerprint density at radius 1 is 1.29 bits per heavy atom. The van der Waals surface area contributed by atoms with Gasteiger partial charge in [-0.05, 0) is 37.0 Å². The highest BCUT2D eigenvalue weighted by atomic mass is 19.3. The van der Waals surface area contributed by atoms with Crippen LogP contribution in [0.5, 0.6) is 0 Å². The number of alkyl halides is 2. The predicted octanol–water partition coefficient (Wildman–Crippen LogP) is 3.44. The summed E-state index contributed by atoms with van der Waals surface area (Å²) in [4.78, 5) is 2.04. The third kappa shape index (κ3) is 2.68. The average molecular weight is 240 g/mol. The highest BCUT2D eigenvalue weighted by Gasteiger charge is 2.21. The van der Waals surface area contributed by atoms with E-state index in [2.05, 4.69) is 6.92 Å². The number of nitrogens with zero attached hydrogens (tertiary/aromatic N) is 1. The van der Waals surface area contributed by atoms with Crippen molar-refractivity contribution in [3.8, 4) is 0 Å². The summed E-state index contributed by atoms with van der Waals surface area (Å²) in [7, 11) is 0. The fourth-order valence-corrected chi connectivity index (χ4v) is 2.29. The number of hydrogen-bond acceptors (Lipinski definition) is 2. The molecule has 0 atom stereocenters. The van der Waals surface area contributed by atoms with Gasteiger partial charge in [0.2, 0.25) is 0 Å². The van der Waals surface area contributed by atoms with E-state index in [0.29, 0.717) is 17.3 Å². The zero-order valence-electron chi connectivity index (χ0n) is 10.00. The number of anilines is 2. The fourth-order valence-electron chi connectivity index (χ4n) is 2.29. The standard InChI is InChI=1S/C13H18F2N2/c1-9-4-6-17(7-5-9)12-3-2-10(16)8-11(12)13(14)15/h2-3,8-9,13H,4-7,16H2,1H3. The Balaban J connectivity index is 2.25. The van der Waals surface area contributed by atoms with Crippen LogP contribution in [0.1, 0.15) is 31.8 Å². The van der Waals surface area contributed by atoms with Crippen LogP contribution in [0.15, 0.2) is 18.2 Å². The van der Waals surface area contributed by atoms with Gasteiger partial charge in [0, 0.05) is 30.0 Å². The molecule has 2 rings (SSSR count). The van der Waals surface area contributed by atoms with Crippen molar-refractivity contribution < 1.29 is 8.78 Å². The summed E-state index contributed by atoms with van der Waals surface area (Å²) < 4.78 is 25.9.